The molecule has 0 aromatic heterocycles. The molecule has 0 saturated heterocycles. The van der Waals surface area contributed by atoms with E-state index in [1.165, 1.54) is 6.21 Å². The first kappa shape index (κ1) is 20.3. The third-order valence-electron chi connectivity index (χ3n) is 3.82. The number of hydrogen-bond acceptors (Lipinski definition) is 4. The maximum Gasteiger partial charge on any atom is 0.329 e. The lowest BCUT2D eigenvalue weighted by atomic mass is 10.2. The van der Waals surface area contributed by atoms with Crippen LogP contribution in [0.3, 0.4) is 0 Å². The first-order chi connectivity index (χ1) is 14.1. The number of halogens is 1. The Labute approximate surface area is 176 Å². The van der Waals surface area contributed by atoms with E-state index >= 15 is 0 Å². The van der Waals surface area contributed by atoms with Gasteiger partial charge in [-0.1, -0.05) is 64.5 Å². The van der Waals surface area contributed by atoms with Crippen LogP contribution in [0.4, 0.5) is 5.69 Å². The number of amides is 2. The van der Waals surface area contributed by atoms with E-state index in [0.717, 1.165) is 10.0 Å². The van der Waals surface area contributed by atoms with Gasteiger partial charge in [0, 0.05) is 15.7 Å². The summed E-state index contributed by atoms with van der Waals surface area (Å²) in [4.78, 5) is 23.8. The van der Waals surface area contributed by atoms with E-state index in [9.17, 15) is 9.59 Å². The average Bonchev–Trinajstić information content (AvgIpc) is 2.74. The van der Waals surface area contributed by atoms with Crippen molar-refractivity contribution < 1.29 is 14.3 Å². The average molecular weight is 452 g/mol. The molecule has 3 aromatic rings. The molecule has 7 heteroatoms. The fourth-order valence-electron chi connectivity index (χ4n) is 2.41. The van der Waals surface area contributed by atoms with Crippen molar-refractivity contribution in [1.29, 1.82) is 0 Å². The molecule has 0 unspecified atom stereocenters. The molecule has 0 saturated carbocycles. The smallest absolute Gasteiger partial charge is 0.329 e. The number of benzene rings is 3. The minimum absolute atomic E-state index is 0.398. The number of rotatable bonds is 6. The van der Waals surface area contributed by atoms with Crippen LogP contribution in [0, 0.1) is 0 Å². The molecule has 0 aliphatic carbocycles. The number of para-hydroxylation sites is 1. The molecule has 0 bridgehead atoms. The Morgan fingerprint density at radius 3 is 2.34 bits per heavy atom. The minimum atomic E-state index is -0.869. The van der Waals surface area contributed by atoms with Crippen LogP contribution in [0.15, 0.2) is 88.4 Å². The minimum Gasteiger partial charge on any atom is -0.488 e. The van der Waals surface area contributed by atoms with Crippen LogP contribution in [0.25, 0.3) is 0 Å². The predicted molar refractivity (Wildman–Crippen MR) is 116 cm³/mol. The maximum atomic E-state index is 11.9. The predicted octanol–water partition coefficient (Wildman–Crippen LogP) is 4.12. The monoisotopic (exact) mass is 451 g/mol. The van der Waals surface area contributed by atoms with Gasteiger partial charge in [-0.15, -0.1) is 0 Å². The highest BCUT2D eigenvalue weighted by Gasteiger charge is 2.12. The fraction of sp³-hybridized carbons (Fsp3) is 0.0455. The molecule has 2 N–H and O–H groups in total. The highest BCUT2D eigenvalue weighted by atomic mass is 79.9. The van der Waals surface area contributed by atoms with Crippen molar-refractivity contribution in [2.75, 3.05) is 5.32 Å². The fourth-order valence-corrected chi connectivity index (χ4v) is 2.79. The molecule has 0 spiro atoms. The van der Waals surface area contributed by atoms with Gasteiger partial charge in [-0.05, 0) is 35.9 Å². The van der Waals surface area contributed by atoms with Crippen LogP contribution in [-0.4, -0.2) is 18.0 Å². The molecule has 0 aliphatic rings. The molecule has 3 rings (SSSR count). The Bertz CT molecular complexity index is 1010. The van der Waals surface area contributed by atoms with E-state index in [0.29, 0.717) is 23.6 Å². The summed E-state index contributed by atoms with van der Waals surface area (Å²) >= 11 is 3.40. The molecule has 29 heavy (non-hydrogen) atoms. The van der Waals surface area contributed by atoms with Gasteiger partial charge in [0.1, 0.15) is 12.4 Å². The zero-order valence-corrected chi connectivity index (χ0v) is 16.9. The number of ether oxygens (including phenoxy) is 1. The second-order valence-corrected chi connectivity index (χ2v) is 6.89. The molecule has 0 heterocycles. The summed E-state index contributed by atoms with van der Waals surface area (Å²) in [5.41, 5.74) is 4.43. The zero-order valence-electron chi connectivity index (χ0n) is 15.3. The first-order valence-corrected chi connectivity index (χ1v) is 9.57. The Morgan fingerprint density at radius 2 is 1.62 bits per heavy atom. The van der Waals surface area contributed by atoms with Gasteiger partial charge in [0.2, 0.25) is 0 Å². The lowest BCUT2D eigenvalue weighted by Gasteiger charge is -2.09. The SMILES string of the molecule is O=C(N/N=C/c1cc(Br)ccc1OCc1ccccc1)C(=O)Nc1ccccc1. The van der Waals surface area contributed by atoms with Crippen molar-refractivity contribution in [3.05, 3.63) is 94.5 Å². The van der Waals surface area contributed by atoms with Gasteiger partial charge >= 0.3 is 11.8 Å². The Balaban J connectivity index is 1.61. The van der Waals surface area contributed by atoms with Gasteiger partial charge in [0.05, 0.1) is 6.21 Å². The summed E-state index contributed by atoms with van der Waals surface area (Å²) in [5.74, 6) is -1.07. The first-order valence-electron chi connectivity index (χ1n) is 8.77. The summed E-state index contributed by atoms with van der Waals surface area (Å²) < 4.78 is 6.69. The Hall–Kier alpha value is -3.45. The Morgan fingerprint density at radius 1 is 0.931 bits per heavy atom. The number of carbonyl (C=O) groups excluding carboxylic acids is 2. The molecule has 0 radical (unpaired) electrons. The molecule has 6 nitrogen and oxygen atoms in total. The number of hydrogen-bond donors (Lipinski definition) is 2. The van der Waals surface area contributed by atoms with E-state index < -0.39 is 11.8 Å². The van der Waals surface area contributed by atoms with Crippen LogP contribution in [0.1, 0.15) is 11.1 Å². The van der Waals surface area contributed by atoms with Gasteiger partial charge in [0.15, 0.2) is 0 Å². The van der Waals surface area contributed by atoms with Crippen molar-refractivity contribution in [3.63, 3.8) is 0 Å². The van der Waals surface area contributed by atoms with Crippen LogP contribution < -0.4 is 15.5 Å². The van der Waals surface area contributed by atoms with Crippen molar-refractivity contribution in [3.8, 4) is 5.75 Å². The normalized spacial score (nSPS) is 10.5. The summed E-state index contributed by atoms with van der Waals surface area (Å²) in [7, 11) is 0. The van der Waals surface area contributed by atoms with E-state index in [1.807, 2.05) is 42.5 Å². The summed E-state index contributed by atoms with van der Waals surface area (Å²) in [6, 6.07) is 23.9. The summed E-state index contributed by atoms with van der Waals surface area (Å²) in [5, 5.41) is 6.37. The lowest BCUT2D eigenvalue weighted by Crippen LogP contribution is -2.32. The van der Waals surface area contributed by atoms with Gasteiger partial charge in [-0.2, -0.15) is 5.10 Å². The number of nitrogens with one attached hydrogen (secondary N) is 2. The van der Waals surface area contributed by atoms with E-state index in [-0.39, 0.29) is 0 Å². The van der Waals surface area contributed by atoms with Crippen LogP contribution in [0.2, 0.25) is 0 Å². The van der Waals surface area contributed by atoms with E-state index in [4.69, 9.17) is 4.74 Å². The number of nitrogens with zero attached hydrogens (tertiary/aromatic N) is 1. The summed E-state index contributed by atoms with van der Waals surface area (Å²) in [6.07, 6.45) is 1.43. The largest absolute Gasteiger partial charge is 0.488 e. The van der Waals surface area contributed by atoms with Crippen molar-refractivity contribution in [1.82, 2.24) is 5.43 Å². The third-order valence-corrected chi connectivity index (χ3v) is 4.31. The molecule has 0 fully saturated rings. The van der Waals surface area contributed by atoms with Gasteiger partial charge < -0.3 is 10.1 Å². The standard InChI is InChI=1S/C22H18BrN3O3/c23-18-11-12-20(29-15-16-7-3-1-4-8-16)17(13-18)14-24-26-22(28)21(27)25-19-9-5-2-6-10-19/h1-14H,15H2,(H,25,27)(H,26,28)/b24-14+. The van der Waals surface area contributed by atoms with Crippen molar-refractivity contribution in [2.24, 2.45) is 5.10 Å². The van der Waals surface area contributed by atoms with Gasteiger partial charge in [-0.25, -0.2) is 5.43 Å². The van der Waals surface area contributed by atoms with Gasteiger partial charge in [0.25, 0.3) is 0 Å². The topological polar surface area (TPSA) is 79.8 Å². The van der Waals surface area contributed by atoms with Crippen LogP contribution in [-0.2, 0) is 16.2 Å². The second kappa shape index (κ2) is 10.2. The molecule has 3 aromatic carbocycles. The Kier molecular flexibility index (Phi) is 7.13. The number of hydrazone groups is 1. The van der Waals surface area contributed by atoms with E-state index in [2.05, 4.69) is 31.8 Å². The quantitative estimate of drug-likeness (QED) is 0.336. The lowest BCUT2D eigenvalue weighted by molar-refractivity contribution is -0.136. The number of carbonyl (C=O) groups is 2. The summed E-state index contributed by atoms with van der Waals surface area (Å²) in [6.45, 7) is 0.398. The third kappa shape index (κ3) is 6.29. The van der Waals surface area contributed by atoms with Crippen molar-refractivity contribution in [2.45, 2.75) is 6.61 Å². The zero-order chi connectivity index (χ0) is 20.5. The molecule has 2 amide bonds. The number of anilines is 1. The van der Waals surface area contributed by atoms with Crippen LogP contribution >= 0.6 is 15.9 Å². The molecule has 0 atom stereocenters. The van der Waals surface area contributed by atoms with Gasteiger partial charge in [-0.3, -0.25) is 9.59 Å². The maximum absolute atomic E-state index is 11.9. The van der Waals surface area contributed by atoms with Crippen LogP contribution in [0.5, 0.6) is 5.75 Å². The highest BCUT2D eigenvalue weighted by molar-refractivity contribution is 9.10. The molecule has 0 aliphatic heterocycles. The highest BCUT2D eigenvalue weighted by Crippen LogP contribution is 2.22. The van der Waals surface area contributed by atoms with E-state index in [1.54, 1.807) is 36.4 Å². The molecular formula is C22H18BrN3O3. The molecular weight excluding hydrogens is 434 g/mol. The van der Waals surface area contributed by atoms with Crippen molar-refractivity contribution >= 4 is 39.6 Å². The molecule has 146 valence electrons. The second-order valence-electron chi connectivity index (χ2n) is 5.98.